The molecule has 0 fully saturated rings. The summed E-state index contributed by atoms with van der Waals surface area (Å²) in [6.45, 7) is 1.90. The van der Waals surface area contributed by atoms with Crippen molar-refractivity contribution in [2.75, 3.05) is 6.61 Å². The Morgan fingerprint density at radius 3 is 2.70 bits per heavy atom. The molecule has 0 saturated heterocycles. The smallest absolute Gasteiger partial charge is 0.343 e. The van der Waals surface area contributed by atoms with Crippen LogP contribution in [0.25, 0.3) is 11.0 Å². The first kappa shape index (κ1) is 14.8. The molecular formula is C17H14N2O4. The number of aromatic hydroxyl groups is 1. The number of hydrogen-bond acceptors (Lipinski definition) is 6. The molecule has 3 aromatic rings. The molecule has 2 heterocycles. The van der Waals surface area contributed by atoms with Crippen molar-refractivity contribution in [2.45, 2.75) is 6.92 Å². The molecule has 116 valence electrons. The third kappa shape index (κ3) is 3.06. The molecule has 1 aromatic carbocycles. The molecule has 0 spiro atoms. The lowest BCUT2D eigenvalue weighted by Gasteiger charge is -2.08. The van der Waals surface area contributed by atoms with Crippen LogP contribution >= 0.6 is 0 Å². The summed E-state index contributed by atoms with van der Waals surface area (Å²) in [5, 5.41) is 10.3. The van der Waals surface area contributed by atoms with E-state index in [9.17, 15) is 9.90 Å². The molecule has 0 unspecified atom stereocenters. The zero-order valence-electron chi connectivity index (χ0n) is 12.4. The van der Waals surface area contributed by atoms with Crippen LogP contribution in [0.15, 0.2) is 48.7 Å². The van der Waals surface area contributed by atoms with Gasteiger partial charge in [0.2, 0.25) is 5.88 Å². The van der Waals surface area contributed by atoms with Crippen molar-refractivity contribution in [3.63, 3.8) is 0 Å². The second-order valence-electron chi connectivity index (χ2n) is 4.67. The maximum Gasteiger partial charge on any atom is 0.343 e. The summed E-state index contributed by atoms with van der Waals surface area (Å²) in [5.41, 5.74) is 0.614. The van der Waals surface area contributed by atoms with Gasteiger partial charge in [-0.15, -0.1) is 0 Å². The van der Waals surface area contributed by atoms with Crippen molar-refractivity contribution >= 4 is 17.0 Å². The molecule has 3 rings (SSSR count). The Morgan fingerprint density at radius 1 is 1.17 bits per heavy atom. The molecule has 0 atom stereocenters. The number of fused-ring (bicyclic) bond motifs is 1. The minimum absolute atomic E-state index is 0.0243. The Morgan fingerprint density at radius 2 is 1.96 bits per heavy atom. The summed E-state index contributed by atoms with van der Waals surface area (Å²) in [7, 11) is 0. The molecule has 6 heteroatoms. The predicted octanol–water partition coefficient (Wildman–Crippen LogP) is 3.30. The lowest BCUT2D eigenvalue weighted by molar-refractivity contribution is 0.0523. The first-order chi connectivity index (χ1) is 11.2. The molecule has 6 nitrogen and oxygen atoms in total. The quantitative estimate of drug-likeness (QED) is 0.745. The Bertz CT molecular complexity index is 850. The van der Waals surface area contributed by atoms with E-state index in [-0.39, 0.29) is 23.4 Å². The highest BCUT2D eigenvalue weighted by molar-refractivity contribution is 5.98. The zero-order chi connectivity index (χ0) is 16.2. The number of aromatic nitrogens is 2. The first-order valence-corrected chi connectivity index (χ1v) is 7.07. The first-order valence-electron chi connectivity index (χ1n) is 7.07. The van der Waals surface area contributed by atoms with Gasteiger partial charge in [-0.1, -0.05) is 18.2 Å². The van der Waals surface area contributed by atoms with E-state index in [1.807, 2.05) is 18.2 Å². The van der Waals surface area contributed by atoms with Gasteiger partial charge < -0.3 is 14.6 Å². The fourth-order valence-electron chi connectivity index (χ4n) is 2.06. The van der Waals surface area contributed by atoms with Crippen LogP contribution < -0.4 is 4.74 Å². The zero-order valence-corrected chi connectivity index (χ0v) is 12.4. The average Bonchev–Trinajstić information content (AvgIpc) is 2.57. The fourth-order valence-corrected chi connectivity index (χ4v) is 2.06. The molecular weight excluding hydrogens is 296 g/mol. The van der Waals surface area contributed by atoms with Crippen molar-refractivity contribution in [1.29, 1.82) is 0 Å². The van der Waals surface area contributed by atoms with Crippen LogP contribution in [0.5, 0.6) is 17.4 Å². The summed E-state index contributed by atoms with van der Waals surface area (Å²) >= 11 is 0. The van der Waals surface area contributed by atoms with E-state index in [2.05, 4.69) is 9.97 Å². The summed E-state index contributed by atoms with van der Waals surface area (Å²) < 4.78 is 10.5. The molecule has 1 N–H and O–H groups in total. The average molecular weight is 310 g/mol. The molecule has 0 aliphatic carbocycles. The number of hydrogen-bond donors (Lipinski definition) is 1. The van der Waals surface area contributed by atoms with Gasteiger partial charge in [0.05, 0.1) is 12.1 Å². The number of pyridine rings is 2. The molecule has 0 aliphatic heterocycles. The summed E-state index contributed by atoms with van der Waals surface area (Å²) in [4.78, 5) is 20.1. The summed E-state index contributed by atoms with van der Waals surface area (Å²) in [6.07, 6.45) is 1.27. The van der Waals surface area contributed by atoms with Gasteiger partial charge in [0.1, 0.15) is 16.8 Å². The third-order valence-corrected chi connectivity index (χ3v) is 3.12. The summed E-state index contributed by atoms with van der Waals surface area (Å²) in [5.74, 6) is -0.00213. The van der Waals surface area contributed by atoms with Crippen molar-refractivity contribution in [1.82, 2.24) is 9.97 Å². The van der Waals surface area contributed by atoms with Crippen LogP contribution in [0.3, 0.4) is 0 Å². The van der Waals surface area contributed by atoms with Crippen molar-refractivity contribution in [3.8, 4) is 17.4 Å². The minimum atomic E-state index is -0.643. The highest BCUT2D eigenvalue weighted by Crippen LogP contribution is 2.29. The molecule has 0 aliphatic rings. The molecule has 0 amide bonds. The van der Waals surface area contributed by atoms with E-state index in [0.717, 1.165) is 0 Å². The second kappa shape index (κ2) is 6.31. The number of para-hydroxylation sites is 1. The molecule has 0 radical (unpaired) electrons. The summed E-state index contributed by atoms with van der Waals surface area (Å²) in [6, 6.07) is 12.4. The Labute approximate surface area is 132 Å². The van der Waals surface area contributed by atoms with Gasteiger partial charge in [0.15, 0.2) is 5.75 Å². The Hall–Kier alpha value is -3.15. The number of carbonyl (C=O) groups excluding carboxylic acids is 1. The highest BCUT2D eigenvalue weighted by atomic mass is 16.5. The topological polar surface area (TPSA) is 81.5 Å². The normalized spacial score (nSPS) is 10.5. The van der Waals surface area contributed by atoms with Crippen LogP contribution in [0, 0.1) is 0 Å². The van der Waals surface area contributed by atoms with E-state index < -0.39 is 5.97 Å². The van der Waals surface area contributed by atoms with Crippen LogP contribution in [-0.4, -0.2) is 27.7 Å². The van der Waals surface area contributed by atoms with E-state index in [4.69, 9.17) is 9.47 Å². The van der Waals surface area contributed by atoms with Crippen LogP contribution in [0.4, 0.5) is 0 Å². The number of nitrogens with zero attached hydrogens (tertiary/aromatic N) is 2. The van der Waals surface area contributed by atoms with Gasteiger partial charge >= 0.3 is 5.97 Å². The third-order valence-electron chi connectivity index (χ3n) is 3.12. The van der Waals surface area contributed by atoms with Gasteiger partial charge in [-0.25, -0.2) is 9.78 Å². The maximum atomic E-state index is 11.8. The maximum absolute atomic E-state index is 11.8. The van der Waals surface area contributed by atoms with Crippen molar-refractivity contribution < 1.29 is 19.4 Å². The van der Waals surface area contributed by atoms with Gasteiger partial charge in [-0.05, 0) is 25.1 Å². The Kier molecular flexibility index (Phi) is 4.05. The van der Waals surface area contributed by atoms with Crippen LogP contribution in [0.2, 0.25) is 0 Å². The van der Waals surface area contributed by atoms with E-state index in [1.54, 1.807) is 31.2 Å². The van der Waals surface area contributed by atoms with E-state index >= 15 is 0 Å². The molecule has 23 heavy (non-hydrogen) atoms. The lowest BCUT2D eigenvalue weighted by Crippen LogP contribution is -2.06. The SMILES string of the molecule is CCOC(=O)c1cnc2ccc(Oc3ccccc3)nc2c1O. The monoisotopic (exact) mass is 310 g/mol. The number of benzene rings is 1. The van der Waals surface area contributed by atoms with Gasteiger partial charge in [-0.3, -0.25) is 4.98 Å². The second-order valence-corrected chi connectivity index (χ2v) is 4.67. The van der Waals surface area contributed by atoms with E-state index in [1.165, 1.54) is 6.20 Å². The molecule has 0 bridgehead atoms. The van der Waals surface area contributed by atoms with Gasteiger partial charge in [-0.2, -0.15) is 0 Å². The minimum Gasteiger partial charge on any atom is -0.505 e. The van der Waals surface area contributed by atoms with Crippen LogP contribution in [-0.2, 0) is 4.74 Å². The van der Waals surface area contributed by atoms with Gasteiger partial charge in [0.25, 0.3) is 0 Å². The predicted molar refractivity (Wildman–Crippen MR) is 83.7 cm³/mol. The number of esters is 1. The lowest BCUT2D eigenvalue weighted by atomic mass is 10.2. The largest absolute Gasteiger partial charge is 0.505 e. The number of carbonyl (C=O) groups is 1. The fraction of sp³-hybridized carbons (Fsp3) is 0.118. The number of rotatable bonds is 4. The standard InChI is InChI=1S/C17H14N2O4/c1-2-22-17(21)12-10-18-13-8-9-14(19-15(13)16(12)20)23-11-6-4-3-5-7-11/h3-10H,2H2,1H3,(H,18,20). The van der Waals surface area contributed by atoms with Crippen molar-refractivity contribution in [2.24, 2.45) is 0 Å². The highest BCUT2D eigenvalue weighted by Gasteiger charge is 2.17. The number of ether oxygens (including phenoxy) is 2. The molecule has 0 saturated carbocycles. The Balaban J connectivity index is 2.00. The van der Waals surface area contributed by atoms with Crippen LogP contribution in [0.1, 0.15) is 17.3 Å². The van der Waals surface area contributed by atoms with E-state index in [0.29, 0.717) is 17.1 Å². The van der Waals surface area contributed by atoms with Gasteiger partial charge in [0, 0.05) is 12.3 Å². The van der Waals surface area contributed by atoms with Crippen molar-refractivity contribution in [3.05, 3.63) is 54.2 Å². The molecule has 2 aromatic heterocycles.